The maximum absolute atomic E-state index is 12.5. The number of methoxy groups -OCH3 is 2. The van der Waals surface area contributed by atoms with Crippen molar-refractivity contribution in [3.05, 3.63) is 83.9 Å². The molecule has 0 saturated heterocycles. The molecule has 0 radical (unpaired) electrons. The molecular weight excluding hydrogens is 356 g/mol. The number of hydrogen-bond donors (Lipinski definition) is 1. The van der Waals surface area contributed by atoms with Crippen LogP contribution >= 0.6 is 0 Å². The van der Waals surface area contributed by atoms with Crippen molar-refractivity contribution in [3.8, 4) is 28.7 Å². The summed E-state index contributed by atoms with van der Waals surface area (Å²) in [7, 11) is 3.14. The third-order valence-corrected chi connectivity index (χ3v) is 4.01. The molecule has 3 aromatic rings. The molecule has 0 fully saturated rings. The van der Waals surface area contributed by atoms with Crippen LogP contribution in [0.2, 0.25) is 0 Å². The van der Waals surface area contributed by atoms with E-state index in [2.05, 4.69) is 0 Å². The van der Waals surface area contributed by atoms with Gasteiger partial charge in [-0.3, -0.25) is 4.79 Å². The van der Waals surface area contributed by atoms with Crippen molar-refractivity contribution >= 4 is 11.9 Å². The smallest absolute Gasteiger partial charge is 0.185 e. The molecule has 0 bridgehead atoms. The standard InChI is InChI=1S/C23H20O5/c1-26-22-12-10-16(13-23(22)27-2)9-11-21(25)17-5-3-7-19(14-17)28-20-8-4-6-18(24)15-20/h3-15,24H,1-2H3/b11-9+. The number of rotatable bonds is 7. The van der Waals surface area contributed by atoms with Gasteiger partial charge in [-0.25, -0.2) is 0 Å². The number of phenols is 1. The van der Waals surface area contributed by atoms with Crippen LogP contribution in [0.25, 0.3) is 6.08 Å². The fourth-order valence-corrected chi connectivity index (χ4v) is 2.62. The third-order valence-electron chi connectivity index (χ3n) is 4.01. The molecule has 5 heteroatoms. The summed E-state index contributed by atoms with van der Waals surface area (Å²) >= 11 is 0. The Kier molecular flexibility index (Phi) is 5.97. The normalized spacial score (nSPS) is 10.6. The lowest BCUT2D eigenvalue weighted by atomic mass is 10.1. The Hall–Kier alpha value is -3.73. The molecule has 0 aliphatic rings. The van der Waals surface area contributed by atoms with Gasteiger partial charge in [0.2, 0.25) is 0 Å². The molecule has 28 heavy (non-hydrogen) atoms. The summed E-state index contributed by atoms with van der Waals surface area (Å²) in [5.74, 6) is 2.18. The fourth-order valence-electron chi connectivity index (χ4n) is 2.62. The van der Waals surface area contributed by atoms with E-state index in [1.165, 1.54) is 12.1 Å². The van der Waals surface area contributed by atoms with E-state index in [4.69, 9.17) is 14.2 Å². The maximum Gasteiger partial charge on any atom is 0.185 e. The zero-order chi connectivity index (χ0) is 19.9. The molecule has 0 aromatic heterocycles. The molecule has 3 rings (SSSR count). The van der Waals surface area contributed by atoms with Crippen LogP contribution in [0.4, 0.5) is 0 Å². The fraction of sp³-hybridized carbons (Fsp3) is 0.0870. The van der Waals surface area contributed by atoms with Crippen LogP contribution < -0.4 is 14.2 Å². The maximum atomic E-state index is 12.5. The summed E-state index contributed by atoms with van der Waals surface area (Å²) in [6.07, 6.45) is 3.21. The minimum Gasteiger partial charge on any atom is -0.508 e. The first-order chi connectivity index (χ1) is 13.6. The Morgan fingerprint density at radius 3 is 2.29 bits per heavy atom. The number of carbonyl (C=O) groups is 1. The van der Waals surface area contributed by atoms with Gasteiger partial charge in [0, 0.05) is 11.6 Å². The molecule has 0 spiro atoms. The molecule has 0 atom stereocenters. The first-order valence-electron chi connectivity index (χ1n) is 8.60. The summed E-state index contributed by atoms with van der Waals surface area (Å²) < 4.78 is 16.2. The lowest BCUT2D eigenvalue weighted by Crippen LogP contribution is -1.95. The van der Waals surface area contributed by atoms with E-state index in [-0.39, 0.29) is 11.5 Å². The molecule has 3 aromatic carbocycles. The molecule has 142 valence electrons. The predicted molar refractivity (Wildman–Crippen MR) is 108 cm³/mol. The van der Waals surface area contributed by atoms with E-state index in [1.807, 2.05) is 6.07 Å². The second kappa shape index (κ2) is 8.77. The van der Waals surface area contributed by atoms with Gasteiger partial charge in [0.05, 0.1) is 14.2 Å². The van der Waals surface area contributed by atoms with E-state index in [0.717, 1.165) is 5.56 Å². The lowest BCUT2D eigenvalue weighted by molar-refractivity contribution is 0.104. The number of ether oxygens (including phenoxy) is 3. The summed E-state index contributed by atoms with van der Waals surface area (Å²) in [6.45, 7) is 0. The number of ketones is 1. The number of hydrogen-bond acceptors (Lipinski definition) is 5. The van der Waals surface area contributed by atoms with E-state index in [0.29, 0.717) is 28.6 Å². The van der Waals surface area contributed by atoms with Gasteiger partial charge in [0.25, 0.3) is 0 Å². The molecule has 5 nitrogen and oxygen atoms in total. The van der Waals surface area contributed by atoms with Crippen molar-refractivity contribution in [2.24, 2.45) is 0 Å². The van der Waals surface area contributed by atoms with E-state index in [9.17, 15) is 9.90 Å². The summed E-state index contributed by atoms with van der Waals surface area (Å²) in [5, 5.41) is 9.52. The van der Waals surface area contributed by atoms with Crippen LogP contribution in [-0.2, 0) is 0 Å². The first-order valence-corrected chi connectivity index (χ1v) is 8.60. The van der Waals surface area contributed by atoms with Gasteiger partial charge in [-0.15, -0.1) is 0 Å². The van der Waals surface area contributed by atoms with Crippen LogP contribution in [0, 0.1) is 0 Å². The highest BCUT2D eigenvalue weighted by atomic mass is 16.5. The Morgan fingerprint density at radius 1 is 0.857 bits per heavy atom. The summed E-state index contributed by atoms with van der Waals surface area (Å²) in [6, 6.07) is 18.8. The summed E-state index contributed by atoms with van der Waals surface area (Å²) in [4.78, 5) is 12.5. The number of allylic oxidation sites excluding steroid dienone is 1. The van der Waals surface area contributed by atoms with Gasteiger partial charge in [-0.2, -0.15) is 0 Å². The summed E-state index contributed by atoms with van der Waals surface area (Å²) in [5.41, 5.74) is 1.31. The SMILES string of the molecule is COc1ccc(/C=C/C(=O)c2cccc(Oc3cccc(O)c3)c2)cc1OC. The minimum atomic E-state index is -0.156. The quantitative estimate of drug-likeness (QED) is 0.459. The number of carbonyl (C=O) groups excluding carboxylic acids is 1. The highest BCUT2D eigenvalue weighted by Crippen LogP contribution is 2.28. The second-order valence-corrected chi connectivity index (χ2v) is 5.94. The minimum absolute atomic E-state index is 0.114. The average molecular weight is 376 g/mol. The van der Waals surface area contributed by atoms with Crippen molar-refractivity contribution < 1.29 is 24.1 Å². The van der Waals surface area contributed by atoms with E-state index in [1.54, 1.807) is 74.9 Å². The average Bonchev–Trinajstić information content (AvgIpc) is 2.72. The van der Waals surface area contributed by atoms with Crippen LogP contribution in [0.5, 0.6) is 28.7 Å². The third kappa shape index (κ3) is 4.71. The Labute approximate surface area is 163 Å². The van der Waals surface area contributed by atoms with Crippen LogP contribution in [0.15, 0.2) is 72.8 Å². The van der Waals surface area contributed by atoms with Gasteiger partial charge in [-0.1, -0.05) is 30.3 Å². The second-order valence-electron chi connectivity index (χ2n) is 5.94. The molecule has 0 aliphatic heterocycles. The van der Waals surface area contributed by atoms with Crippen molar-refractivity contribution in [1.29, 1.82) is 0 Å². The van der Waals surface area contributed by atoms with Gasteiger partial charge in [0.1, 0.15) is 17.2 Å². The first kappa shape index (κ1) is 19.0. The zero-order valence-corrected chi connectivity index (χ0v) is 15.6. The highest BCUT2D eigenvalue weighted by Gasteiger charge is 2.06. The molecular formula is C23H20O5. The number of aromatic hydroxyl groups is 1. The number of phenolic OH excluding ortho intramolecular Hbond substituents is 1. The molecule has 0 saturated carbocycles. The highest BCUT2D eigenvalue weighted by molar-refractivity contribution is 6.07. The van der Waals surface area contributed by atoms with Crippen LogP contribution in [0.1, 0.15) is 15.9 Å². The van der Waals surface area contributed by atoms with Gasteiger partial charge in [0.15, 0.2) is 17.3 Å². The molecule has 1 N–H and O–H groups in total. The molecule has 0 heterocycles. The molecule has 0 unspecified atom stereocenters. The molecule has 0 aliphatic carbocycles. The monoisotopic (exact) mass is 376 g/mol. The Balaban J connectivity index is 1.75. The van der Waals surface area contributed by atoms with Gasteiger partial charge in [-0.05, 0) is 48.0 Å². The van der Waals surface area contributed by atoms with E-state index >= 15 is 0 Å². The van der Waals surface area contributed by atoms with Gasteiger partial charge >= 0.3 is 0 Å². The number of benzene rings is 3. The Morgan fingerprint density at radius 2 is 1.57 bits per heavy atom. The Bertz CT molecular complexity index is 1010. The van der Waals surface area contributed by atoms with Crippen LogP contribution in [0.3, 0.4) is 0 Å². The van der Waals surface area contributed by atoms with Crippen LogP contribution in [-0.4, -0.2) is 25.1 Å². The lowest BCUT2D eigenvalue weighted by Gasteiger charge is -2.08. The molecule has 0 amide bonds. The zero-order valence-electron chi connectivity index (χ0n) is 15.6. The van der Waals surface area contributed by atoms with Gasteiger partial charge < -0.3 is 19.3 Å². The topological polar surface area (TPSA) is 65.0 Å². The van der Waals surface area contributed by atoms with Crippen molar-refractivity contribution in [2.45, 2.75) is 0 Å². The van der Waals surface area contributed by atoms with Crippen molar-refractivity contribution in [2.75, 3.05) is 14.2 Å². The largest absolute Gasteiger partial charge is 0.508 e. The van der Waals surface area contributed by atoms with Crippen molar-refractivity contribution in [1.82, 2.24) is 0 Å². The predicted octanol–water partition coefficient (Wildman–Crippen LogP) is 5.10. The van der Waals surface area contributed by atoms with Crippen molar-refractivity contribution in [3.63, 3.8) is 0 Å². The van der Waals surface area contributed by atoms with E-state index < -0.39 is 0 Å².